The van der Waals surface area contributed by atoms with E-state index in [9.17, 15) is 18.0 Å². The van der Waals surface area contributed by atoms with Gasteiger partial charge in [-0.3, -0.25) is 0 Å². The molecule has 1 heterocycles. The van der Waals surface area contributed by atoms with Crippen LogP contribution in [0.1, 0.15) is 12.8 Å². The number of amides is 2. The lowest BCUT2D eigenvalue weighted by Gasteiger charge is -2.34. The highest BCUT2D eigenvalue weighted by Gasteiger charge is 2.37. The Morgan fingerprint density at radius 1 is 1.36 bits per heavy atom. The molecule has 2 amide bonds. The van der Waals surface area contributed by atoms with E-state index in [1.165, 1.54) is 6.07 Å². The Labute approximate surface area is 131 Å². The van der Waals surface area contributed by atoms with Crippen LogP contribution in [-0.4, -0.2) is 42.9 Å². The molecule has 1 aliphatic heterocycles. The SMILES string of the molecule is O=C(Nc1cccc(Cl)c1)N(CC(F)(F)F)C1CCOCC1. The molecule has 4 nitrogen and oxygen atoms in total. The summed E-state index contributed by atoms with van der Waals surface area (Å²) in [5.41, 5.74) is 0.358. The van der Waals surface area contributed by atoms with Crippen LogP contribution in [0.25, 0.3) is 0 Å². The number of ether oxygens (including phenoxy) is 1. The van der Waals surface area contributed by atoms with Crippen molar-refractivity contribution >= 4 is 23.3 Å². The first-order chi connectivity index (χ1) is 10.3. The average Bonchev–Trinajstić information content (AvgIpc) is 2.45. The summed E-state index contributed by atoms with van der Waals surface area (Å²) in [5.74, 6) is 0. The van der Waals surface area contributed by atoms with Crippen LogP contribution in [0, 0.1) is 0 Å². The van der Waals surface area contributed by atoms with E-state index in [0.29, 0.717) is 36.8 Å². The van der Waals surface area contributed by atoms with E-state index in [1.54, 1.807) is 18.2 Å². The number of benzene rings is 1. The van der Waals surface area contributed by atoms with Crippen molar-refractivity contribution in [2.45, 2.75) is 25.1 Å². The maximum Gasteiger partial charge on any atom is 0.406 e. The Balaban J connectivity index is 2.10. The average molecular weight is 337 g/mol. The highest BCUT2D eigenvalue weighted by molar-refractivity contribution is 6.30. The molecule has 1 saturated heterocycles. The van der Waals surface area contributed by atoms with Gasteiger partial charge in [-0.05, 0) is 31.0 Å². The molecule has 122 valence electrons. The topological polar surface area (TPSA) is 41.6 Å². The third-order valence-electron chi connectivity index (χ3n) is 3.32. The zero-order valence-electron chi connectivity index (χ0n) is 11.7. The van der Waals surface area contributed by atoms with Crippen LogP contribution in [0.3, 0.4) is 0 Å². The Hall–Kier alpha value is -1.47. The third kappa shape index (κ3) is 5.06. The Morgan fingerprint density at radius 2 is 2.05 bits per heavy atom. The summed E-state index contributed by atoms with van der Waals surface area (Å²) in [6.07, 6.45) is -3.68. The Bertz CT molecular complexity index is 519. The van der Waals surface area contributed by atoms with Crippen LogP contribution in [0.2, 0.25) is 5.02 Å². The molecule has 0 radical (unpaired) electrons. The minimum atomic E-state index is -4.45. The number of nitrogens with one attached hydrogen (secondary N) is 1. The Kier molecular flexibility index (Phi) is 5.52. The van der Waals surface area contributed by atoms with Gasteiger partial charge in [0, 0.05) is 30.0 Å². The van der Waals surface area contributed by atoms with Crippen molar-refractivity contribution < 1.29 is 22.7 Å². The first-order valence-corrected chi connectivity index (χ1v) is 7.20. The number of alkyl halides is 3. The van der Waals surface area contributed by atoms with Crippen LogP contribution in [0.4, 0.5) is 23.7 Å². The summed E-state index contributed by atoms with van der Waals surface area (Å²) in [7, 11) is 0. The molecule has 0 atom stereocenters. The largest absolute Gasteiger partial charge is 0.406 e. The van der Waals surface area contributed by atoms with E-state index in [-0.39, 0.29) is 0 Å². The van der Waals surface area contributed by atoms with Gasteiger partial charge in [-0.2, -0.15) is 13.2 Å². The van der Waals surface area contributed by atoms with Crippen molar-refractivity contribution in [3.8, 4) is 0 Å². The van der Waals surface area contributed by atoms with Gasteiger partial charge >= 0.3 is 12.2 Å². The van der Waals surface area contributed by atoms with Gasteiger partial charge in [0.15, 0.2) is 0 Å². The second kappa shape index (κ2) is 7.19. The molecule has 2 rings (SSSR count). The number of carbonyl (C=O) groups is 1. The van der Waals surface area contributed by atoms with Crippen LogP contribution in [-0.2, 0) is 4.74 Å². The fourth-order valence-electron chi connectivity index (χ4n) is 2.32. The molecule has 0 spiro atoms. The molecule has 22 heavy (non-hydrogen) atoms. The third-order valence-corrected chi connectivity index (χ3v) is 3.55. The van der Waals surface area contributed by atoms with Gasteiger partial charge in [-0.25, -0.2) is 4.79 Å². The lowest BCUT2D eigenvalue weighted by atomic mass is 10.1. The van der Waals surface area contributed by atoms with Gasteiger partial charge in [0.25, 0.3) is 0 Å². The van der Waals surface area contributed by atoms with Crippen molar-refractivity contribution in [2.24, 2.45) is 0 Å². The minimum absolute atomic E-state index is 0.351. The number of rotatable bonds is 3. The number of carbonyl (C=O) groups excluding carboxylic acids is 1. The van der Waals surface area contributed by atoms with Gasteiger partial charge in [0.1, 0.15) is 6.54 Å². The molecule has 0 bridgehead atoms. The van der Waals surface area contributed by atoms with Crippen LogP contribution >= 0.6 is 11.6 Å². The zero-order valence-corrected chi connectivity index (χ0v) is 12.5. The summed E-state index contributed by atoms with van der Waals surface area (Å²) < 4.78 is 43.4. The first kappa shape index (κ1) is 16.9. The van der Waals surface area contributed by atoms with E-state index in [1.807, 2.05) is 0 Å². The molecular weight excluding hydrogens is 321 g/mol. The molecule has 0 unspecified atom stereocenters. The van der Waals surface area contributed by atoms with E-state index in [2.05, 4.69) is 5.32 Å². The molecule has 1 N–H and O–H groups in total. The molecule has 1 aromatic carbocycles. The molecule has 8 heteroatoms. The van der Waals surface area contributed by atoms with Gasteiger partial charge < -0.3 is 15.0 Å². The van der Waals surface area contributed by atoms with Gasteiger partial charge in [0.2, 0.25) is 0 Å². The van der Waals surface area contributed by atoms with Gasteiger partial charge in [-0.1, -0.05) is 17.7 Å². The van der Waals surface area contributed by atoms with E-state index >= 15 is 0 Å². The van der Waals surface area contributed by atoms with Crippen molar-refractivity contribution in [1.29, 1.82) is 0 Å². The quantitative estimate of drug-likeness (QED) is 0.909. The summed E-state index contributed by atoms with van der Waals surface area (Å²) in [5, 5.41) is 2.86. The molecule has 1 aromatic rings. The second-order valence-electron chi connectivity index (χ2n) is 5.03. The standard InChI is InChI=1S/C14H16ClF3N2O2/c15-10-2-1-3-11(8-10)19-13(21)20(9-14(16,17)18)12-4-6-22-7-5-12/h1-3,8,12H,4-7,9H2,(H,19,21). The number of hydrogen-bond donors (Lipinski definition) is 1. The summed E-state index contributed by atoms with van der Waals surface area (Å²) in [6, 6.07) is 5.00. The van der Waals surface area contributed by atoms with E-state index in [4.69, 9.17) is 16.3 Å². The number of anilines is 1. The predicted octanol–water partition coefficient (Wildman–Crippen LogP) is 3.92. The fraction of sp³-hybridized carbons (Fsp3) is 0.500. The molecule has 0 aromatic heterocycles. The monoisotopic (exact) mass is 336 g/mol. The maximum atomic E-state index is 12.7. The fourth-order valence-corrected chi connectivity index (χ4v) is 2.51. The maximum absolute atomic E-state index is 12.7. The van der Waals surface area contributed by atoms with Gasteiger partial charge in [0.05, 0.1) is 0 Å². The van der Waals surface area contributed by atoms with E-state index in [0.717, 1.165) is 4.90 Å². The molecule has 0 saturated carbocycles. The van der Waals surface area contributed by atoms with Gasteiger partial charge in [-0.15, -0.1) is 0 Å². The van der Waals surface area contributed by atoms with Crippen molar-refractivity contribution in [3.63, 3.8) is 0 Å². The normalized spacial score (nSPS) is 16.4. The lowest BCUT2D eigenvalue weighted by Crippen LogP contribution is -2.49. The Morgan fingerprint density at radius 3 is 2.64 bits per heavy atom. The molecular formula is C14H16ClF3N2O2. The number of hydrogen-bond acceptors (Lipinski definition) is 2. The van der Waals surface area contributed by atoms with Crippen molar-refractivity contribution in [3.05, 3.63) is 29.3 Å². The number of nitrogens with zero attached hydrogens (tertiary/aromatic N) is 1. The molecule has 0 aliphatic carbocycles. The summed E-state index contributed by atoms with van der Waals surface area (Å²) in [4.78, 5) is 13.1. The highest BCUT2D eigenvalue weighted by Crippen LogP contribution is 2.23. The van der Waals surface area contributed by atoms with E-state index < -0.39 is 24.8 Å². The van der Waals surface area contributed by atoms with Crippen molar-refractivity contribution in [2.75, 3.05) is 25.1 Å². The predicted molar refractivity (Wildman–Crippen MR) is 77.1 cm³/mol. The minimum Gasteiger partial charge on any atom is -0.381 e. The smallest absolute Gasteiger partial charge is 0.381 e. The number of halogens is 4. The zero-order chi connectivity index (χ0) is 16.2. The summed E-state index contributed by atoms with van der Waals surface area (Å²) in [6.45, 7) is -0.586. The first-order valence-electron chi connectivity index (χ1n) is 6.83. The van der Waals surface area contributed by atoms with Crippen molar-refractivity contribution in [1.82, 2.24) is 4.90 Å². The second-order valence-corrected chi connectivity index (χ2v) is 5.46. The molecule has 1 fully saturated rings. The van der Waals surface area contributed by atoms with Crippen LogP contribution in [0.15, 0.2) is 24.3 Å². The summed E-state index contributed by atoms with van der Waals surface area (Å²) >= 11 is 5.80. The highest BCUT2D eigenvalue weighted by atomic mass is 35.5. The lowest BCUT2D eigenvalue weighted by molar-refractivity contribution is -0.146. The van der Waals surface area contributed by atoms with Crippen LogP contribution < -0.4 is 5.32 Å². The number of urea groups is 1. The van der Waals surface area contributed by atoms with Crippen LogP contribution in [0.5, 0.6) is 0 Å². The molecule has 1 aliphatic rings.